The molecule has 104 valence electrons. The Morgan fingerprint density at radius 2 is 2.11 bits per heavy atom. The molecule has 0 aliphatic carbocycles. The number of anilines is 1. The van der Waals surface area contributed by atoms with Gasteiger partial charge < -0.3 is 11.1 Å². The number of hydrogen-bond donors (Lipinski definition) is 2. The first-order valence-electron chi connectivity index (χ1n) is 6.81. The van der Waals surface area contributed by atoms with E-state index in [4.69, 9.17) is 5.73 Å². The van der Waals surface area contributed by atoms with Crippen LogP contribution in [0.2, 0.25) is 0 Å². The predicted molar refractivity (Wildman–Crippen MR) is 73.7 cm³/mol. The van der Waals surface area contributed by atoms with E-state index in [0.29, 0.717) is 12.6 Å². The number of aromatic nitrogens is 2. The SMILES string of the molecule is CC[C@@H](CNC(=O)c1nccnc1N)N1CCCC1. The molecule has 1 aromatic rings. The number of rotatable bonds is 5. The van der Waals surface area contributed by atoms with Crippen LogP contribution in [0.4, 0.5) is 5.82 Å². The smallest absolute Gasteiger partial charge is 0.273 e. The predicted octanol–water partition coefficient (Wildman–Crippen LogP) is 0.663. The molecule has 2 heterocycles. The van der Waals surface area contributed by atoms with Crippen LogP contribution in [-0.4, -0.2) is 46.5 Å². The lowest BCUT2D eigenvalue weighted by molar-refractivity contribution is 0.0932. The largest absolute Gasteiger partial charge is 0.382 e. The van der Waals surface area contributed by atoms with E-state index in [0.717, 1.165) is 19.5 Å². The van der Waals surface area contributed by atoms with Gasteiger partial charge in [-0.3, -0.25) is 9.69 Å². The summed E-state index contributed by atoms with van der Waals surface area (Å²) in [5, 5.41) is 2.90. The van der Waals surface area contributed by atoms with E-state index < -0.39 is 0 Å². The van der Waals surface area contributed by atoms with E-state index in [-0.39, 0.29) is 17.4 Å². The van der Waals surface area contributed by atoms with Crippen LogP contribution < -0.4 is 11.1 Å². The molecule has 1 saturated heterocycles. The first-order valence-corrected chi connectivity index (χ1v) is 6.81. The van der Waals surface area contributed by atoms with Gasteiger partial charge in [0.25, 0.3) is 5.91 Å². The summed E-state index contributed by atoms with van der Waals surface area (Å²) in [5.74, 6) is -0.0718. The summed E-state index contributed by atoms with van der Waals surface area (Å²) in [6, 6.07) is 0.393. The Hall–Kier alpha value is -1.69. The van der Waals surface area contributed by atoms with Crippen molar-refractivity contribution in [1.29, 1.82) is 0 Å². The quantitative estimate of drug-likeness (QED) is 0.815. The van der Waals surface area contributed by atoms with E-state index in [1.54, 1.807) is 0 Å². The van der Waals surface area contributed by atoms with Gasteiger partial charge in [0, 0.05) is 25.0 Å². The van der Waals surface area contributed by atoms with Crippen LogP contribution in [0.5, 0.6) is 0 Å². The van der Waals surface area contributed by atoms with Crippen LogP contribution in [0.1, 0.15) is 36.7 Å². The Labute approximate surface area is 113 Å². The average Bonchev–Trinajstić information content (AvgIpc) is 2.94. The number of amides is 1. The Balaban J connectivity index is 1.90. The van der Waals surface area contributed by atoms with E-state index in [1.165, 1.54) is 25.2 Å². The summed E-state index contributed by atoms with van der Waals surface area (Å²) in [7, 11) is 0. The summed E-state index contributed by atoms with van der Waals surface area (Å²) in [4.78, 5) is 22.3. The van der Waals surface area contributed by atoms with Crippen LogP contribution in [0.25, 0.3) is 0 Å². The molecule has 6 nitrogen and oxygen atoms in total. The molecule has 1 aromatic heterocycles. The van der Waals surface area contributed by atoms with Crippen molar-refractivity contribution in [2.75, 3.05) is 25.4 Å². The minimum atomic E-state index is -0.247. The van der Waals surface area contributed by atoms with Gasteiger partial charge in [-0.25, -0.2) is 9.97 Å². The first-order chi connectivity index (χ1) is 9.22. The Morgan fingerprint density at radius 3 is 2.74 bits per heavy atom. The Bertz CT molecular complexity index is 431. The van der Waals surface area contributed by atoms with Crippen LogP contribution in [0.15, 0.2) is 12.4 Å². The van der Waals surface area contributed by atoms with Gasteiger partial charge in [0.15, 0.2) is 11.5 Å². The molecule has 6 heteroatoms. The van der Waals surface area contributed by atoms with Crippen molar-refractivity contribution in [2.24, 2.45) is 0 Å². The second-order valence-corrected chi connectivity index (χ2v) is 4.81. The highest BCUT2D eigenvalue weighted by Crippen LogP contribution is 2.13. The van der Waals surface area contributed by atoms with Gasteiger partial charge in [-0.1, -0.05) is 6.92 Å². The van der Waals surface area contributed by atoms with Crippen molar-refractivity contribution >= 4 is 11.7 Å². The summed E-state index contributed by atoms with van der Waals surface area (Å²) in [6.45, 7) is 5.03. The zero-order valence-electron chi connectivity index (χ0n) is 11.3. The summed E-state index contributed by atoms with van der Waals surface area (Å²) < 4.78 is 0. The number of nitrogens with zero attached hydrogens (tertiary/aromatic N) is 3. The summed E-state index contributed by atoms with van der Waals surface area (Å²) in [6.07, 6.45) is 6.48. The molecule has 0 saturated carbocycles. The minimum Gasteiger partial charge on any atom is -0.382 e. The number of carbonyl (C=O) groups is 1. The molecule has 1 atom stereocenters. The standard InChI is InChI=1S/C13H21N5O/c1-2-10(18-7-3-4-8-18)9-17-13(19)11-12(14)16-6-5-15-11/h5-6,10H,2-4,7-9H2,1H3,(H2,14,16)(H,17,19)/t10-/m0/s1. The maximum Gasteiger partial charge on any atom is 0.273 e. The highest BCUT2D eigenvalue weighted by molar-refractivity contribution is 5.96. The van der Waals surface area contributed by atoms with Crippen molar-refractivity contribution < 1.29 is 4.79 Å². The van der Waals surface area contributed by atoms with Crippen molar-refractivity contribution in [3.8, 4) is 0 Å². The molecule has 1 aliphatic heterocycles. The van der Waals surface area contributed by atoms with Gasteiger partial charge in [0.2, 0.25) is 0 Å². The zero-order valence-corrected chi connectivity index (χ0v) is 11.3. The third kappa shape index (κ3) is 3.41. The molecule has 1 aliphatic rings. The van der Waals surface area contributed by atoms with E-state index in [9.17, 15) is 4.79 Å². The number of nitrogen functional groups attached to an aromatic ring is 1. The van der Waals surface area contributed by atoms with E-state index in [2.05, 4.69) is 27.1 Å². The molecule has 0 bridgehead atoms. The second kappa shape index (κ2) is 6.47. The van der Waals surface area contributed by atoms with Gasteiger partial charge >= 0.3 is 0 Å². The second-order valence-electron chi connectivity index (χ2n) is 4.81. The highest BCUT2D eigenvalue weighted by Gasteiger charge is 2.21. The van der Waals surface area contributed by atoms with Crippen molar-refractivity contribution in [3.63, 3.8) is 0 Å². The van der Waals surface area contributed by atoms with Crippen LogP contribution >= 0.6 is 0 Å². The fourth-order valence-electron chi connectivity index (χ4n) is 2.46. The molecule has 3 N–H and O–H groups in total. The molecular formula is C13H21N5O. The maximum absolute atomic E-state index is 12.0. The van der Waals surface area contributed by atoms with E-state index in [1.807, 2.05) is 0 Å². The Morgan fingerprint density at radius 1 is 1.42 bits per heavy atom. The molecule has 1 fully saturated rings. The lowest BCUT2D eigenvalue weighted by Crippen LogP contribution is -2.42. The van der Waals surface area contributed by atoms with Crippen molar-refractivity contribution in [1.82, 2.24) is 20.2 Å². The van der Waals surface area contributed by atoms with Gasteiger partial charge in [0.1, 0.15) is 0 Å². The Kier molecular flexibility index (Phi) is 4.68. The lowest BCUT2D eigenvalue weighted by atomic mass is 10.2. The van der Waals surface area contributed by atoms with Crippen molar-refractivity contribution in [3.05, 3.63) is 18.1 Å². The van der Waals surface area contributed by atoms with Crippen LogP contribution in [-0.2, 0) is 0 Å². The lowest BCUT2D eigenvalue weighted by Gasteiger charge is -2.26. The number of carbonyl (C=O) groups excluding carboxylic acids is 1. The summed E-state index contributed by atoms with van der Waals surface area (Å²) in [5.41, 5.74) is 5.84. The molecule has 1 amide bonds. The zero-order chi connectivity index (χ0) is 13.7. The monoisotopic (exact) mass is 263 g/mol. The topological polar surface area (TPSA) is 84.1 Å². The van der Waals surface area contributed by atoms with Gasteiger partial charge in [-0.15, -0.1) is 0 Å². The van der Waals surface area contributed by atoms with Gasteiger partial charge in [-0.2, -0.15) is 0 Å². The normalized spacial score (nSPS) is 17.3. The third-order valence-electron chi connectivity index (χ3n) is 3.57. The number of nitrogens with two attached hydrogens (primary N) is 1. The fraction of sp³-hybridized carbons (Fsp3) is 0.615. The molecule has 0 spiro atoms. The molecule has 0 radical (unpaired) electrons. The molecule has 2 rings (SSSR count). The van der Waals surface area contributed by atoms with Gasteiger partial charge in [-0.05, 0) is 32.4 Å². The number of nitrogens with one attached hydrogen (secondary N) is 1. The molecule has 19 heavy (non-hydrogen) atoms. The molecular weight excluding hydrogens is 242 g/mol. The maximum atomic E-state index is 12.0. The molecule has 0 aromatic carbocycles. The minimum absolute atomic E-state index is 0.175. The van der Waals surface area contributed by atoms with Crippen molar-refractivity contribution in [2.45, 2.75) is 32.2 Å². The van der Waals surface area contributed by atoms with E-state index >= 15 is 0 Å². The number of likely N-dealkylation sites (tertiary alicyclic amines) is 1. The highest BCUT2D eigenvalue weighted by atomic mass is 16.1. The van der Waals surface area contributed by atoms with Gasteiger partial charge in [0.05, 0.1) is 0 Å². The van der Waals surface area contributed by atoms with Crippen LogP contribution in [0, 0.1) is 0 Å². The average molecular weight is 263 g/mol. The third-order valence-corrected chi connectivity index (χ3v) is 3.57. The van der Waals surface area contributed by atoms with Crippen LogP contribution in [0.3, 0.4) is 0 Å². The number of hydrogen-bond acceptors (Lipinski definition) is 5. The fourth-order valence-corrected chi connectivity index (χ4v) is 2.46. The summed E-state index contributed by atoms with van der Waals surface area (Å²) >= 11 is 0. The molecule has 0 unspecified atom stereocenters. The first kappa shape index (κ1) is 13.7.